The number of hydrogen-bond donors (Lipinski definition) is 4. The summed E-state index contributed by atoms with van der Waals surface area (Å²) in [6.07, 6.45) is 3.65. The van der Waals surface area contributed by atoms with Gasteiger partial charge in [0, 0.05) is 27.4 Å². The second kappa shape index (κ2) is 11.3. The van der Waals surface area contributed by atoms with Crippen LogP contribution in [-0.2, 0) is 4.74 Å². The third-order valence-corrected chi connectivity index (χ3v) is 4.09. The summed E-state index contributed by atoms with van der Waals surface area (Å²) in [5.74, 6) is -1.53. The Bertz CT molecular complexity index is 739. The Balaban J connectivity index is 0.00000124. The van der Waals surface area contributed by atoms with Crippen molar-refractivity contribution in [1.82, 2.24) is 20.8 Å². The van der Waals surface area contributed by atoms with E-state index in [4.69, 9.17) is 14.9 Å². The van der Waals surface area contributed by atoms with Crippen LogP contribution in [0.5, 0.6) is 0 Å². The Morgan fingerprint density at radius 3 is 2.33 bits per heavy atom. The molecule has 1 saturated heterocycles. The van der Waals surface area contributed by atoms with Gasteiger partial charge in [0.05, 0.1) is 30.7 Å². The van der Waals surface area contributed by atoms with Crippen LogP contribution in [-0.4, -0.2) is 63.8 Å². The van der Waals surface area contributed by atoms with E-state index < -0.39 is 5.79 Å². The second-order valence-corrected chi connectivity index (χ2v) is 7.47. The first-order chi connectivity index (χ1) is 14.2. The van der Waals surface area contributed by atoms with E-state index in [-0.39, 0.29) is 26.7 Å². The molecule has 2 atom stereocenters. The van der Waals surface area contributed by atoms with Crippen molar-refractivity contribution in [2.45, 2.75) is 32.2 Å². The molecule has 0 saturated carbocycles. The van der Waals surface area contributed by atoms with Crippen molar-refractivity contribution in [3.63, 3.8) is 0 Å². The Morgan fingerprint density at radius 2 is 1.70 bits per heavy atom. The van der Waals surface area contributed by atoms with Crippen LogP contribution in [0.25, 0.3) is 0 Å². The quantitative estimate of drug-likeness (QED) is 0.517. The highest BCUT2D eigenvalue weighted by Crippen LogP contribution is 2.18. The van der Waals surface area contributed by atoms with Crippen LogP contribution in [0.2, 0.25) is 0 Å². The molecule has 9 heteroatoms. The lowest BCUT2D eigenvalue weighted by Gasteiger charge is -2.11. The van der Waals surface area contributed by atoms with Crippen LogP contribution in [0.4, 0.5) is 0 Å². The highest BCUT2D eigenvalue weighted by atomic mass is 16.5. The predicted molar refractivity (Wildman–Crippen MR) is 114 cm³/mol. The summed E-state index contributed by atoms with van der Waals surface area (Å²) in [7, 11) is 0. The fourth-order valence-electron chi connectivity index (χ4n) is 2.73. The number of nitrogens with one attached hydrogen (secondary N) is 2. The lowest BCUT2D eigenvalue weighted by molar-refractivity contribution is -0.127. The summed E-state index contributed by atoms with van der Waals surface area (Å²) >= 11 is 0. The zero-order chi connectivity index (χ0) is 22.0. The largest absolute Gasteiger partial charge is 0.376 e. The molecule has 0 spiro atoms. The third kappa shape index (κ3) is 9.08. The molecular formula is C21H32N4O5. The van der Waals surface area contributed by atoms with E-state index in [9.17, 15) is 9.59 Å². The number of nitrogens with zero attached hydrogens (tertiary/aromatic N) is 2. The van der Waals surface area contributed by atoms with Crippen molar-refractivity contribution in [2.75, 3.05) is 19.7 Å². The van der Waals surface area contributed by atoms with E-state index in [1.54, 1.807) is 18.2 Å². The number of hydrogen-bond acceptors (Lipinski definition) is 7. The standard InChI is InChI=1S/C18H20N4O3.C3H8O2.2H2/c23-17(14-4-2-1-3-5-14)19-9-13-8-16(25-12-13)11-20-18(24)15-6-7-21-22-10-15;1-3(2,4)5;;/h1-7,10,13,16H,8-9,11-12H2,(H,19,23)(H,20,24);4-5H,1-2H3;2*1H/t13-,16+;;;/m1.../s1. The number of carbonyl (C=O) groups is 2. The average Bonchev–Trinajstić information content (AvgIpc) is 3.18. The fraction of sp³-hybridized carbons (Fsp3) is 0.429. The van der Waals surface area contributed by atoms with Gasteiger partial charge in [-0.3, -0.25) is 9.59 Å². The minimum atomic E-state index is -1.50. The Labute approximate surface area is 178 Å². The molecule has 9 nitrogen and oxygen atoms in total. The van der Waals surface area contributed by atoms with Gasteiger partial charge in [0.15, 0.2) is 5.79 Å². The van der Waals surface area contributed by atoms with Crippen LogP contribution in [0.3, 0.4) is 0 Å². The maximum absolute atomic E-state index is 12.0. The summed E-state index contributed by atoms with van der Waals surface area (Å²) in [6, 6.07) is 10.7. The summed E-state index contributed by atoms with van der Waals surface area (Å²) < 4.78 is 5.70. The minimum absolute atomic E-state index is 0. The molecule has 0 bridgehead atoms. The summed E-state index contributed by atoms with van der Waals surface area (Å²) in [5, 5.41) is 29.2. The van der Waals surface area contributed by atoms with Gasteiger partial charge in [-0.2, -0.15) is 10.2 Å². The number of benzene rings is 1. The van der Waals surface area contributed by atoms with E-state index in [0.29, 0.717) is 30.8 Å². The molecule has 1 aromatic carbocycles. The van der Waals surface area contributed by atoms with Crippen molar-refractivity contribution in [3.8, 4) is 0 Å². The Kier molecular flexibility index (Phi) is 8.85. The van der Waals surface area contributed by atoms with Crippen molar-refractivity contribution in [2.24, 2.45) is 5.92 Å². The monoisotopic (exact) mass is 420 g/mol. The summed E-state index contributed by atoms with van der Waals surface area (Å²) in [5.41, 5.74) is 1.12. The SMILES string of the molecule is CC(C)(O)O.O=C(NC[C@@H]1CO[C@H](CNC(=O)c2ccnnc2)C1)c1ccccc1.[HH].[HH]. The summed E-state index contributed by atoms with van der Waals surface area (Å²) in [6.45, 7) is 4.17. The highest BCUT2D eigenvalue weighted by Gasteiger charge is 2.26. The van der Waals surface area contributed by atoms with Crippen LogP contribution in [0.1, 0.15) is 43.8 Å². The lowest BCUT2D eigenvalue weighted by atomic mass is 10.1. The van der Waals surface area contributed by atoms with Gasteiger partial charge in [-0.15, -0.1) is 0 Å². The smallest absolute Gasteiger partial charge is 0.253 e. The molecule has 30 heavy (non-hydrogen) atoms. The van der Waals surface area contributed by atoms with Crippen molar-refractivity contribution < 1.29 is 27.4 Å². The van der Waals surface area contributed by atoms with Crippen molar-refractivity contribution >= 4 is 11.8 Å². The number of rotatable bonds is 6. The lowest BCUT2D eigenvalue weighted by Crippen LogP contribution is -2.32. The molecule has 4 N–H and O–H groups in total. The fourth-order valence-corrected chi connectivity index (χ4v) is 2.73. The molecule has 0 aliphatic carbocycles. The van der Waals surface area contributed by atoms with E-state index >= 15 is 0 Å². The number of aromatic nitrogens is 2. The predicted octanol–water partition coefficient (Wildman–Crippen LogP) is 1.24. The van der Waals surface area contributed by atoms with Gasteiger partial charge in [0.1, 0.15) is 0 Å². The first-order valence-corrected chi connectivity index (χ1v) is 9.67. The molecule has 1 aromatic heterocycles. The number of carbonyl (C=O) groups excluding carboxylic acids is 2. The molecule has 0 radical (unpaired) electrons. The molecule has 2 aromatic rings. The minimum Gasteiger partial charge on any atom is -0.376 e. The van der Waals surface area contributed by atoms with Crippen molar-refractivity contribution in [1.29, 1.82) is 0 Å². The maximum Gasteiger partial charge on any atom is 0.253 e. The highest BCUT2D eigenvalue weighted by molar-refractivity contribution is 5.94. The maximum atomic E-state index is 12.0. The summed E-state index contributed by atoms with van der Waals surface area (Å²) in [4.78, 5) is 24.0. The van der Waals surface area contributed by atoms with Gasteiger partial charge in [0.25, 0.3) is 11.8 Å². The molecule has 166 valence electrons. The van der Waals surface area contributed by atoms with E-state index in [2.05, 4.69) is 20.8 Å². The topological polar surface area (TPSA) is 134 Å². The Morgan fingerprint density at radius 1 is 1.07 bits per heavy atom. The van der Waals surface area contributed by atoms with Gasteiger partial charge in [-0.1, -0.05) is 18.2 Å². The molecule has 0 unspecified atom stereocenters. The molecular weight excluding hydrogens is 388 g/mol. The van der Waals surface area contributed by atoms with Crippen molar-refractivity contribution in [3.05, 3.63) is 59.9 Å². The second-order valence-electron chi connectivity index (χ2n) is 7.47. The van der Waals surface area contributed by atoms with Crippen LogP contribution < -0.4 is 10.6 Å². The first kappa shape index (κ1) is 23.4. The molecule has 2 heterocycles. The number of amides is 2. The molecule has 1 fully saturated rings. The van der Waals surface area contributed by atoms with E-state index in [0.717, 1.165) is 6.42 Å². The van der Waals surface area contributed by atoms with Crippen LogP contribution in [0.15, 0.2) is 48.8 Å². The van der Waals surface area contributed by atoms with Gasteiger partial charge < -0.3 is 25.6 Å². The zero-order valence-electron chi connectivity index (χ0n) is 17.1. The van der Waals surface area contributed by atoms with Gasteiger partial charge in [0.2, 0.25) is 0 Å². The molecule has 1 aliphatic heterocycles. The first-order valence-electron chi connectivity index (χ1n) is 9.67. The Hall–Kier alpha value is -2.88. The van der Waals surface area contributed by atoms with Crippen LogP contribution in [0, 0.1) is 5.92 Å². The molecule has 3 rings (SSSR count). The number of ether oxygens (including phenoxy) is 1. The van der Waals surface area contributed by atoms with E-state index in [1.807, 2.05) is 18.2 Å². The van der Waals surface area contributed by atoms with Crippen LogP contribution >= 0.6 is 0 Å². The van der Waals surface area contributed by atoms with E-state index in [1.165, 1.54) is 26.2 Å². The molecule has 2 amide bonds. The van der Waals surface area contributed by atoms with Gasteiger partial charge in [-0.05, 0) is 38.5 Å². The van der Waals surface area contributed by atoms with Gasteiger partial charge in [-0.25, -0.2) is 0 Å². The normalized spacial score (nSPS) is 18.1. The molecule has 1 aliphatic rings. The zero-order valence-corrected chi connectivity index (χ0v) is 17.1. The number of aliphatic hydroxyl groups is 2. The third-order valence-electron chi connectivity index (χ3n) is 4.09. The van der Waals surface area contributed by atoms with Gasteiger partial charge >= 0.3 is 0 Å². The average molecular weight is 421 g/mol.